The lowest BCUT2D eigenvalue weighted by atomic mass is 10.1. The molecule has 2 aromatic rings. The molecule has 2 rings (SSSR count). The zero-order valence-corrected chi connectivity index (χ0v) is 15.1. The highest BCUT2D eigenvalue weighted by Crippen LogP contribution is 2.30. The lowest BCUT2D eigenvalue weighted by Gasteiger charge is -2.09. The van der Waals surface area contributed by atoms with E-state index in [0.717, 1.165) is 5.56 Å². The van der Waals surface area contributed by atoms with E-state index in [1.54, 1.807) is 36.4 Å². The number of rotatable bonds is 8. The maximum Gasteiger partial charge on any atom is 0.251 e. The smallest absolute Gasteiger partial charge is 0.251 e. The molecule has 7 nitrogen and oxygen atoms in total. The van der Waals surface area contributed by atoms with Crippen LogP contribution in [0.5, 0.6) is 23.0 Å². The first-order valence-electron chi connectivity index (χ1n) is 7.80. The fourth-order valence-electron chi connectivity index (χ4n) is 2.50. The van der Waals surface area contributed by atoms with Crippen LogP contribution in [0.15, 0.2) is 42.1 Å². The molecule has 0 N–H and O–H groups in total. The standard InChI is InChI=1S/C19H21NO6/c1-23-16-7-5-13(11-18(16)25-3)9-15(20(21)22)10-14-6-8-17(24-2)19(12-14)26-4/h5-9,11-12H,10H2,1-4H3/b15-9+. The third-order valence-electron chi connectivity index (χ3n) is 3.81. The molecule has 0 unspecified atom stereocenters. The predicted molar refractivity (Wildman–Crippen MR) is 97.8 cm³/mol. The Kier molecular flexibility index (Phi) is 6.43. The molecular weight excluding hydrogens is 338 g/mol. The Morgan fingerprint density at radius 2 is 1.42 bits per heavy atom. The van der Waals surface area contributed by atoms with Gasteiger partial charge in [-0.2, -0.15) is 0 Å². The maximum absolute atomic E-state index is 11.5. The molecule has 0 bridgehead atoms. The van der Waals surface area contributed by atoms with Crippen LogP contribution in [0, 0.1) is 10.1 Å². The highest BCUT2D eigenvalue weighted by Gasteiger charge is 2.15. The molecule has 0 saturated heterocycles. The summed E-state index contributed by atoms with van der Waals surface area (Å²) in [6.07, 6.45) is 1.65. The van der Waals surface area contributed by atoms with Crippen LogP contribution in [0.1, 0.15) is 11.1 Å². The van der Waals surface area contributed by atoms with Gasteiger partial charge in [0.25, 0.3) is 5.70 Å². The minimum Gasteiger partial charge on any atom is -0.493 e. The summed E-state index contributed by atoms with van der Waals surface area (Å²) in [5.74, 6) is 2.17. The Morgan fingerprint density at radius 3 is 1.96 bits per heavy atom. The highest BCUT2D eigenvalue weighted by molar-refractivity contribution is 5.57. The van der Waals surface area contributed by atoms with Crippen LogP contribution < -0.4 is 18.9 Å². The van der Waals surface area contributed by atoms with Crippen molar-refractivity contribution >= 4 is 6.08 Å². The summed E-state index contributed by atoms with van der Waals surface area (Å²) in [7, 11) is 6.11. The molecule has 0 saturated carbocycles. The molecule has 7 heteroatoms. The van der Waals surface area contributed by atoms with Crippen LogP contribution in [0.2, 0.25) is 0 Å². The Balaban J connectivity index is 2.35. The zero-order valence-electron chi connectivity index (χ0n) is 15.1. The topological polar surface area (TPSA) is 80.1 Å². The minimum atomic E-state index is -0.395. The van der Waals surface area contributed by atoms with Crippen molar-refractivity contribution in [2.24, 2.45) is 0 Å². The molecule has 0 fully saturated rings. The van der Waals surface area contributed by atoms with Gasteiger partial charge in [0.05, 0.1) is 39.8 Å². The Labute approximate surface area is 151 Å². The van der Waals surface area contributed by atoms with Crippen molar-refractivity contribution in [3.63, 3.8) is 0 Å². The molecule has 138 valence electrons. The number of hydrogen-bond acceptors (Lipinski definition) is 6. The quantitative estimate of drug-likeness (QED) is 0.529. The summed E-state index contributed by atoms with van der Waals surface area (Å²) in [4.78, 5) is 11.1. The van der Waals surface area contributed by atoms with Gasteiger partial charge in [-0.1, -0.05) is 12.1 Å². The van der Waals surface area contributed by atoms with E-state index in [-0.39, 0.29) is 12.1 Å². The van der Waals surface area contributed by atoms with Crippen molar-refractivity contribution in [1.82, 2.24) is 0 Å². The number of allylic oxidation sites excluding steroid dienone is 1. The first kappa shape index (κ1) is 19.1. The number of nitrogens with zero attached hydrogens (tertiary/aromatic N) is 1. The van der Waals surface area contributed by atoms with Gasteiger partial charge in [-0.05, 0) is 35.4 Å². The Bertz CT molecular complexity index is 816. The van der Waals surface area contributed by atoms with Crippen molar-refractivity contribution in [3.8, 4) is 23.0 Å². The van der Waals surface area contributed by atoms with Crippen LogP contribution in [-0.2, 0) is 6.42 Å². The predicted octanol–water partition coefficient (Wildman–Crippen LogP) is 3.58. The first-order chi connectivity index (χ1) is 12.5. The second kappa shape index (κ2) is 8.75. The molecule has 26 heavy (non-hydrogen) atoms. The number of benzene rings is 2. The Morgan fingerprint density at radius 1 is 0.885 bits per heavy atom. The monoisotopic (exact) mass is 359 g/mol. The fraction of sp³-hybridized carbons (Fsp3) is 0.263. The van der Waals surface area contributed by atoms with Crippen LogP contribution >= 0.6 is 0 Å². The fourth-order valence-corrected chi connectivity index (χ4v) is 2.50. The van der Waals surface area contributed by atoms with Gasteiger partial charge < -0.3 is 18.9 Å². The average Bonchev–Trinajstić information content (AvgIpc) is 2.66. The Hall–Kier alpha value is -3.22. The van der Waals surface area contributed by atoms with E-state index in [1.807, 2.05) is 0 Å². The van der Waals surface area contributed by atoms with Crippen molar-refractivity contribution in [1.29, 1.82) is 0 Å². The third-order valence-corrected chi connectivity index (χ3v) is 3.81. The maximum atomic E-state index is 11.5. The summed E-state index contributed by atoms with van der Waals surface area (Å²) in [6.45, 7) is 0. The van der Waals surface area contributed by atoms with Gasteiger partial charge in [0.15, 0.2) is 23.0 Å². The number of methoxy groups -OCH3 is 4. The summed E-state index contributed by atoms with van der Waals surface area (Å²) in [5.41, 5.74) is 1.44. The van der Waals surface area contributed by atoms with E-state index in [0.29, 0.717) is 28.6 Å². The van der Waals surface area contributed by atoms with Crippen molar-refractivity contribution in [2.75, 3.05) is 28.4 Å². The highest BCUT2D eigenvalue weighted by atomic mass is 16.6. The van der Waals surface area contributed by atoms with Gasteiger partial charge in [-0.3, -0.25) is 10.1 Å². The van der Waals surface area contributed by atoms with Crippen LogP contribution in [0.25, 0.3) is 6.08 Å². The third kappa shape index (κ3) is 4.44. The van der Waals surface area contributed by atoms with E-state index in [9.17, 15) is 10.1 Å². The molecular formula is C19H21NO6. The molecule has 0 aliphatic rings. The molecule has 0 heterocycles. The van der Waals surface area contributed by atoms with Gasteiger partial charge in [-0.15, -0.1) is 0 Å². The summed E-state index contributed by atoms with van der Waals surface area (Å²) in [6, 6.07) is 10.4. The SMILES string of the molecule is COc1ccc(/C=C(\Cc2ccc(OC)c(OC)c2)[N+](=O)[O-])cc1OC. The van der Waals surface area contributed by atoms with Gasteiger partial charge in [0, 0.05) is 6.08 Å². The van der Waals surface area contributed by atoms with Crippen LogP contribution in [0.4, 0.5) is 0 Å². The van der Waals surface area contributed by atoms with Gasteiger partial charge in [-0.25, -0.2) is 0 Å². The molecule has 0 aromatic heterocycles. The summed E-state index contributed by atoms with van der Waals surface area (Å²) >= 11 is 0. The van der Waals surface area contributed by atoms with Gasteiger partial charge in [0.2, 0.25) is 0 Å². The van der Waals surface area contributed by atoms with Crippen molar-refractivity contribution in [2.45, 2.75) is 6.42 Å². The van der Waals surface area contributed by atoms with Crippen LogP contribution in [-0.4, -0.2) is 33.4 Å². The molecule has 0 aliphatic heterocycles. The zero-order chi connectivity index (χ0) is 19.1. The molecule has 0 spiro atoms. The number of hydrogen-bond donors (Lipinski definition) is 0. The largest absolute Gasteiger partial charge is 0.493 e. The van der Waals surface area contributed by atoms with Crippen molar-refractivity contribution < 1.29 is 23.9 Å². The van der Waals surface area contributed by atoms with Crippen LogP contribution in [0.3, 0.4) is 0 Å². The van der Waals surface area contributed by atoms with E-state index in [2.05, 4.69) is 0 Å². The summed E-state index contributed by atoms with van der Waals surface area (Å²) in [5, 5.41) is 11.5. The second-order valence-corrected chi connectivity index (χ2v) is 5.37. The van der Waals surface area contributed by atoms with E-state index >= 15 is 0 Å². The molecule has 2 aromatic carbocycles. The molecule has 0 aliphatic carbocycles. The average molecular weight is 359 g/mol. The van der Waals surface area contributed by atoms with Crippen molar-refractivity contribution in [3.05, 3.63) is 63.3 Å². The minimum absolute atomic E-state index is 0.0458. The first-order valence-corrected chi connectivity index (χ1v) is 7.80. The van der Waals surface area contributed by atoms with Gasteiger partial charge >= 0.3 is 0 Å². The molecule has 0 atom stereocenters. The molecule has 0 radical (unpaired) electrons. The van der Waals surface area contributed by atoms with E-state index < -0.39 is 4.92 Å². The second-order valence-electron chi connectivity index (χ2n) is 5.37. The number of nitro groups is 1. The normalized spacial score (nSPS) is 11.0. The van der Waals surface area contributed by atoms with E-state index in [1.165, 1.54) is 34.5 Å². The lowest BCUT2D eigenvalue weighted by molar-refractivity contribution is -0.425. The lowest BCUT2D eigenvalue weighted by Crippen LogP contribution is -2.03. The number of ether oxygens (including phenoxy) is 4. The van der Waals surface area contributed by atoms with E-state index in [4.69, 9.17) is 18.9 Å². The molecule has 0 amide bonds. The van der Waals surface area contributed by atoms with Gasteiger partial charge in [0.1, 0.15) is 0 Å². The summed E-state index contributed by atoms with van der Waals surface area (Å²) < 4.78 is 20.9.